The minimum atomic E-state index is 0.587. The molecule has 2 rings (SSSR count). The topological polar surface area (TPSA) is 33.1 Å². The molecule has 0 atom stereocenters. The normalized spacial score (nSPS) is 15.8. The lowest BCUT2D eigenvalue weighted by Gasteiger charge is -2.30. The molecule has 108 valence electrons. The summed E-state index contributed by atoms with van der Waals surface area (Å²) in [6.45, 7) is 13.2. The van der Waals surface area contributed by atoms with Crippen LogP contribution in [0.5, 0.6) is 0 Å². The maximum Gasteiger partial charge on any atom is 0.203 e. The largest absolute Gasteiger partial charge is 0.353 e. The van der Waals surface area contributed by atoms with Gasteiger partial charge < -0.3 is 9.88 Å². The van der Waals surface area contributed by atoms with Gasteiger partial charge in [0.15, 0.2) is 0 Å². The summed E-state index contributed by atoms with van der Waals surface area (Å²) in [6, 6.07) is 1.83. The first kappa shape index (κ1) is 14.4. The van der Waals surface area contributed by atoms with E-state index in [4.69, 9.17) is 0 Å². The van der Waals surface area contributed by atoms with Crippen LogP contribution in [-0.2, 0) is 6.54 Å². The van der Waals surface area contributed by atoms with E-state index in [2.05, 4.69) is 60.6 Å². The van der Waals surface area contributed by atoms with Crippen molar-refractivity contribution in [2.75, 3.05) is 11.9 Å². The monoisotopic (exact) mass is 264 g/mol. The molecule has 0 aliphatic heterocycles. The Morgan fingerprint density at radius 2 is 1.95 bits per heavy atom. The fourth-order valence-corrected chi connectivity index (χ4v) is 2.58. The van der Waals surface area contributed by atoms with Crippen molar-refractivity contribution >= 4 is 5.95 Å². The second kappa shape index (κ2) is 5.95. The maximum absolute atomic E-state index is 4.59. The molecule has 0 spiro atoms. The maximum atomic E-state index is 4.59. The lowest BCUT2D eigenvalue weighted by atomic mass is 10.2. The summed E-state index contributed by atoms with van der Waals surface area (Å²) in [5.41, 5.74) is 1.10. The Labute approximate surface area is 117 Å². The Bertz CT molecular complexity index is 396. The van der Waals surface area contributed by atoms with E-state index in [-0.39, 0.29) is 0 Å². The third kappa shape index (κ3) is 3.96. The molecule has 0 radical (unpaired) electrons. The smallest absolute Gasteiger partial charge is 0.203 e. The molecule has 0 aromatic carbocycles. The SMILES string of the molecule is Cc1cn(CCN(C(C)C)C(C)C)c(NC2CC2)n1. The van der Waals surface area contributed by atoms with Crippen molar-refractivity contribution in [3.05, 3.63) is 11.9 Å². The Kier molecular flexibility index (Phi) is 4.50. The van der Waals surface area contributed by atoms with Gasteiger partial charge >= 0.3 is 0 Å². The first-order chi connectivity index (χ1) is 8.97. The molecule has 19 heavy (non-hydrogen) atoms. The van der Waals surface area contributed by atoms with Crippen molar-refractivity contribution in [2.24, 2.45) is 0 Å². The molecule has 0 bridgehead atoms. The van der Waals surface area contributed by atoms with Gasteiger partial charge in [-0.05, 0) is 47.5 Å². The number of aryl methyl sites for hydroxylation is 1. The van der Waals surface area contributed by atoms with Gasteiger partial charge in [-0.2, -0.15) is 0 Å². The predicted molar refractivity (Wildman–Crippen MR) is 80.6 cm³/mol. The minimum Gasteiger partial charge on any atom is -0.353 e. The molecule has 1 heterocycles. The molecule has 4 heteroatoms. The van der Waals surface area contributed by atoms with Crippen molar-refractivity contribution in [1.29, 1.82) is 0 Å². The van der Waals surface area contributed by atoms with E-state index >= 15 is 0 Å². The van der Waals surface area contributed by atoms with Crippen LogP contribution in [0.15, 0.2) is 6.20 Å². The summed E-state index contributed by atoms with van der Waals surface area (Å²) in [6.07, 6.45) is 4.73. The molecule has 4 nitrogen and oxygen atoms in total. The van der Waals surface area contributed by atoms with Crippen LogP contribution in [-0.4, -0.2) is 39.1 Å². The van der Waals surface area contributed by atoms with E-state index in [0.717, 1.165) is 24.7 Å². The van der Waals surface area contributed by atoms with Gasteiger partial charge in [-0.3, -0.25) is 4.90 Å². The second-order valence-corrected chi connectivity index (χ2v) is 6.24. The molecule has 1 N–H and O–H groups in total. The number of nitrogens with zero attached hydrogens (tertiary/aromatic N) is 3. The number of imidazole rings is 1. The quantitative estimate of drug-likeness (QED) is 0.822. The zero-order valence-corrected chi connectivity index (χ0v) is 13.0. The fourth-order valence-electron chi connectivity index (χ4n) is 2.58. The van der Waals surface area contributed by atoms with Gasteiger partial charge in [0.1, 0.15) is 0 Å². The number of aromatic nitrogens is 2. The van der Waals surface area contributed by atoms with Gasteiger partial charge in [-0.25, -0.2) is 4.98 Å². The van der Waals surface area contributed by atoms with Gasteiger partial charge in [0.05, 0.1) is 5.69 Å². The molecule has 1 aliphatic carbocycles. The number of rotatable bonds is 7. The summed E-state index contributed by atoms with van der Waals surface area (Å²) in [5.74, 6) is 1.05. The minimum absolute atomic E-state index is 0.587. The van der Waals surface area contributed by atoms with Crippen LogP contribution in [0, 0.1) is 6.92 Å². The molecule has 0 amide bonds. The highest BCUT2D eigenvalue weighted by Crippen LogP contribution is 2.24. The molecule has 0 saturated heterocycles. The lowest BCUT2D eigenvalue weighted by Crippen LogP contribution is -2.39. The van der Waals surface area contributed by atoms with E-state index in [1.54, 1.807) is 0 Å². The average molecular weight is 264 g/mol. The number of hydrogen-bond acceptors (Lipinski definition) is 3. The van der Waals surface area contributed by atoms with Crippen LogP contribution in [0.25, 0.3) is 0 Å². The Balaban J connectivity index is 1.97. The van der Waals surface area contributed by atoms with Crippen LogP contribution in [0.3, 0.4) is 0 Å². The van der Waals surface area contributed by atoms with E-state index in [1.165, 1.54) is 12.8 Å². The summed E-state index contributed by atoms with van der Waals surface area (Å²) in [7, 11) is 0. The molecule has 1 saturated carbocycles. The highest BCUT2D eigenvalue weighted by atomic mass is 15.2. The molecule has 0 unspecified atom stereocenters. The fraction of sp³-hybridized carbons (Fsp3) is 0.800. The van der Waals surface area contributed by atoms with E-state index < -0.39 is 0 Å². The Morgan fingerprint density at radius 3 is 2.47 bits per heavy atom. The molecule has 1 fully saturated rings. The van der Waals surface area contributed by atoms with Crippen molar-refractivity contribution in [1.82, 2.24) is 14.5 Å². The standard InChI is InChI=1S/C15H28N4/c1-11(2)19(12(3)4)9-8-18-10-13(5)16-15(18)17-14-6-7-14/h10-12,14H,6-9H2,1-5H3,(H,16,17). The molecule has 1 aromatic heterocycles. The van der Waals surface area contributed by atoms with Gasteiger partial charge in [-0.15, -0.1) is 0 Å². The molecular weight excluding hydrogens is 236 g/mol. The van der Waals surface area contributed by atoms with Crippen LogP contribution >= 0.6 is 0 Å². The summed E-state index contributed by atoms with van der Waals surface area (Å²) in [5, 5.41) is 3.52. The molecule has 1 aromatic rings. The third-order valence-electron chi connectivity index (χ3n) is 3.73. The summed E-state index contributed by atoms with van der Waals surface area (Å²) in [4.78, 5) is 7.12. The summed E-state index contributed by atoms with van der Waals surface area (Å²) >= 11 is 0. The summed E-state index contributed by atoms with van der Waals surface area (Å²) < 4.78 is 2.27. The third-order valence-corrected chi connectivity index (χ3v) is 3.73. The lowest BCUT2D eigenvalue weighted by molar-refractivity contribution is 0.168. The Hall–Kier alpha value is -1.03. The highest BCUT2D eigenvalue weighted by molar-refractivity contribution is 5.32. The van der Waals surface area contributed by atoms with Gasteiger partial charge in [-0.1, -0.05) is 0 Å². The highest BCUT2D eigenvalue weighted by Gasteiger charge is 2.23. The van der Waals surface area contributed by atoms with E-state index in [9.17, 15) is 0 Å². The van der Waals surface area contributed by atoms with Crippen LogP contribution in [0.2, 0.25) is 0 Å². The first-order valence-electron chi connectivity index (χ1n) is 7.53. The van der Waals surface area contributed by atoms with Crippen molar-refractivity contribution in [3.63, 3.8) is 0 Å². The van der Waals surface area contributed by atoms with Crippen molar-refractivity contribution in [3.8, 4) is 0 Å². The Morgan fingerprint density at radius 1 is 1.32 bits per heavy atom. The van der Waals surface area contributed by atoms with Crippen molar-refractivity contribution < 1.29 is 0 Å². The average Bonchev–Trinajstić information content (AvgIpc) is 3.03. The van der Waals surface area contributed by atoms with E-state index in [0.29, 0.717) is 18.1 Å². The van der Waals surface area contributed by atoms with Crippen LogP contribution in [0.4, 0.5) is 5.95 Å². The zero-order valence-electron chi connectivity index (χ0n) is 13.0. The number of nitrogens with one attached hydrogen (secondary N) is 1. The van der Waals surface area contributed by atoms with Gasteiger partial charge in [0.25, 0.3) is 0 Å². The number of anilines is 1. The van der Waals surface area contributed by atoms with Gasteiger partial charge in [0, 0.05) is 37.4 Å². The molecule has 1 aliphatic rings. The predicted octanol–water partition coefficient (Wildman–Crippen LogP) is 2.88. The van der Waals surface area contributed by atoms with Crippen LogP contribution < -0.4 is 5.32 Å². The zero-order chi connectivity index (χ0) is 14.0. The van der Waals surface area contributed by atoms with Crippen LogP contribution in [0.1, 0.15) is 46.2 Å². The first-order valence-corrected chi connectivity index (χ1v) is 7.53. The van der Waals surface area contributed by atoms with Gasteiger partial charge in [0.2, 0.25) is 5.95 Å². The molecular formula is C15H28N4. The van der Waals surface area contributed by atoms with E-state index in [1.807, 2.05) is 0 Å². The number of hydrogen-bond donors (Lipinski definition) is 1. The second-order valence-electron chi connectivity index (χ2n) is 6.24. The van der Waals surface area contributed by atoms with Crippen molar-refractivity contribution in [2.45, 2.75) is 72.1 Å².